The van der Waals surface area contributed by atoms with E-state index in [4.69, 9.17) is 9.15 Å². The second-order valence-electron chi connectivity index (χ2n) is 7.59. The van der Waals surface area contributed by atoms with Gasteiger partial charge in [-0.25, -0.2) is 9.59 Å². The van der Waals surface area contributed by atoms with Crippen molar-refractivity contribution in [2.24, 2.45) is 0 Å². The Morgan fingerprint density at radius 2 is 1.86 bits per heavy atom. The van der Waals surface area contributed by atoms with Crippen LogP contribution in [0.1, 0.15) is 81.3 Å². The number of allylic oxidation sites excluding steroid dienone is 2. The molecule has 0 radical (unpaired) electrons. The molecule has 0 saturated carbocycles. The van der Waals surface area contributed by atoms with Crippen LogP contribution < -0.4 is 5.63 Å². The van der Waals surface area contributed by atoms with Crippen LogP contribution in [0.15, 0.2) is 33.0 Å². The molecule has 1 heterocycles. The number of esters is 1. The number of ether oxygens (including phenoxy) is 1. The van der Waals surface area contributed by atoms with Gasteiger partial charge in [0.15, 0.2) is 0 Å². The molecule has 5 heteroatoms. The van der Waals surface area contributed by atoms with Crippen LogP contribution in [0.25, 0.3) is 11.0 Å². The third-order valence-corrected chi connectivity index (χ3v) is 4.94. The van der Waals surface area contributed by atoms with Crippen molar-refractivity contribution in [3.8, 4) is 5.75 Å². The lowest BCUT2D eigenvalue weighted by molar-refractivity contribution is 0.0521. The Morgan fingerprint density at radius 3 is 2.52 bits per heavy atom. The Labute approximate surface area is 172 Å². The summed E-state index contributed by atoms with van der Waals surface area (Å²) in [6.45, 7) is 8.01. The molecule has 0 fully saturated rings. The molecule has 0 bridgehead atoms. The smallest absolute Gasteiger partial charge is 0.351 e. The van der Waals surface area contributed by atoms with Crippen LogP contribution in [0.5, 0.6) is 5.75 Å². The van der Waals surface area contributed by atoms with E-state index in [1.54, 1.807) is 13.0 Å². The molecule has 0 aliphatic carbocycles. The summed E-state index contributed by atoms with van der Waals surface area (Å²) >= 11 is 0. The molecule has 2 rings (SSSR count). The van der Waals surface area contributed by atoms with Gasteiger partial charge in [-0.15, -0.1) is 0 Å². The van der Waals surface area contributed by atoms with Crippen LogP contribution in [0, 0.1) is 0 Å². The lowest BCUT2D eigenvalue weighted by Gasteiger charge is -2.13. The number of aryl methyl sites for hydroxylation is 1. The first-order valence-electron chi connectivity index (χ1n) is 10.5. The zero-order chi connectivity index (χ0) is 21.4. The van der Waals surface area contributed by atoms with Crippen molar-refractivity contribution in [2.45, 2.75) is 72.6 Å². The molecule has 0 aliphatic heterocycles. The standard InChI is InChI=1S/C24H32O5/c1-5-7-8-9-10-11-18-19-15-20(23(26)28-6-2)24(27)29-22(19)17(14-21(18)25)13-12-16(3)4/h12,14-15,25H,5-11,13H2,1-4H3. The molecule has 2 aromatic rings. The fourth-order valence-corrected chi connectivity index (χ4v) is 3.37. The molecule has 158 valence electrons. The molecule has 29 heavy (non-hydrogen) atoms. The molecule has 0 unspecified atom stereocenters. The number of fused-ring (bicyclic) bond motifs is 1. The van der Waals surface area contributed by atoms with Gasteiger partial charge in [0.2, 0.25) is 0 Å². The second kappa shape index (κ2) is 10.8. The molecule has 1 aromatic carbocycles. The van der Waals surface area contributed by atoms with Crippen molar-refractivity contribution in [2.75, 3.05) is 6.61 Å². The van der Waals surface area contributed by atoms with Crippen molar-refractivity contribution in [3.05, 3.63) is 50.9 Å². The number of carbonyl (C=O) groups is 1. The number of unbranched alkanes of at least 4 members (excludes halogenated alkanes) is 4. The largest absolute Gasteiger partial charge is 0.508 e. The van der Waals surface area contributed by atoms with E-state index in [-0.39, 0.29) is 17.9 Å². The van der Waals surface area contributed by atoms with E-state index in [1.807, 2.05) is 19.9 Å². The monoisotopic (exact) mass is 400 g/mol. The highest BCUT2D eigenvalue weighted by Crippen LogP contribution is 2.32. The predicted octanol–water partition coefficient (Wildman–Crippen LogP) is 5.70. The second-order valence-corrected chi connectivity index (χ2v) is 7.59. The van der Waals surface area contributed by atoms with Gasteiger partial charge in [-0.2, -0.15) is 0 Å². The van der Waals surface area contributed by atoms with Crippen molar-refractivity contribution in [3.63, 3.8) is 0 Å². The first-order chi connectivity index (χ1) is 13.9. The van der Waals surface area contributed by atoms with Gasteiger partial charge in [0.05, 0.1) is 6.61 Å². The first-order valence-corrected chi connectivity index (χ1v) is 10.5. The predicted molar refractivity (Wildman–Crippen MR) is 116 cm³/mol. The molecule has 1 aromatic heterocycles. The zero-order valence-corrected chi connectivity index (χ0v) is 18.0. The number of benzene rings is 1. The third kappa shape index (κ3) is 5.96. The molecule has 0 spiro atoms. The number of hydrogen-bond donors (Lipinski definition) is 1. The van der Waals surface area contributed by atoms with Crippen LogP contribution in [0.2, 0.25) is 0 Å². The lowest BCUT2D eigenvalue weighted by Crippen LogP contribution is -2.17. The molecule has 0 amide bonds. The minimum atomic E-state index is -0.714. The van der Waals surface area contributed by atoms with Crippen molar-refractivity contribution < 1.29 is 19.1 Å². The lowest BCUT2D eigenvalue weighted by atomic mass is 9.96. The van der Waals surface area contributed by atoms with Crippen LogP contribution in [0.3, 0.4) is 0 Å². The Hall–Kier alpha value is -2.56. The van der Waals surface area contributed by atoms with Gasteiger partial charge >= 0.3 is 11.6 Å². The Bertz CT molecular complexity index is 932. The highest BCUT2D eigenvalue weighted by atomic mass is 16.5. The van der Waals surface area contributed by atoms with Crippen LogP contribution in [0.4, 0.5) is 0 Å². The van der Waals surface area contributed by atoms with E-state index in [0.717, 1.165) is 30.4 Å². The van der Waals surface area contributed by atoms with E-state index in [2.05, 4.69) is 6.92 Å². The van der Waals surface area contributed by atoms with Crippen LogP contribution in [-0.4, -0.2) is 17.7 Å². The number of rotatable bonds is 10. The normalized spacial score (nSPS) is 10.9. The summed E-state index contributed by atoms with van der Waals surface area (Å²) in [5, 5.41) is 11.3. The summed E-state index contributed by atoms with van der Waals surface area (Å²) in [6.07, 6.45) is 8.70. The SMILES string of the molecule is CCCCCCCc1c(O)cc(CC=C(C)C)c2oc(=O)c(C(=O)OCC)cc12. The number of carbonyl (C=O) groups excluding carboxylic acids is 1. The zero-order valence-electron chi connectivity index (χ0n) is 18.0. The molecule has 0 aliphatic rings. The van der Waals surface area contributed by atoms with Gasteiger partial charge in [0.25, 0.3) is 0 Å². The van der Waals surface area contributed by atoms with E-state index < -0.39 is 11.6 Å². The summed E-state index contributed by atoms with van der Waals surface area (Å²) in [5.74, 6) is -0.528. The molecule has 5 nitrogen and oxygen atoms in total. The minimum Gasteiger partial charge on any atom is -0.508 e. The van der Waals surface area contributed by atoms with Crippen LogP contribution >= 0.6 is 0 Å². The quantitative estimate of drug-likeness (QED) is 0.240. The number of aromatic hydroxyl groups is 1. The fourth-order valence-electron chi connectivity index (χ4n) is 3.37. The minimum absolute atomic E-state index is 0.134. The van der Waals surface area contributed by atoms with Gasteiger partial charge < -0.3 is 14.3 Å². The summed E-state index contributed by atoms with van der Waals surface area (Å²) in [6, 6.07) is 3.20. The number of phenols is 1. The first kappa shape index (κ1) is 22.7. The van der Waals surface area contributed by atoms with E-state index in [1.165, 1.54) is 18.9 Å². The van der Waals surface area contributed by atoms with Crippen molar-refractivity contribution in [1.82, 2.24) is 0 Å². The topological polar surface area (TPSA) is 76.7 Å². The maximum absolute atomic E-state index is 12.4. The maximum atomic E-state index is 12.4. The van der Waals surface area contributed by atoms with Crippen molar-refractivity contribution >= 4 is 16.9 Å². The molecular formula is C24H32O5. The summed E-state index contributed by atoms with van der Waals surface area (Å²) in [4.78, 5) is 24.6. The fraction of sp³-hybridized carbons (Fsp3) is 0.500. The van der Waals surface area contributed by atoms with E-state index in [9.17, 15) is 14.7 Å². The highest BCUT2D eigenvalue weighted by Gasteiger charge is 2.20. The summed E-state index contributed by atoms with van der Waals surface area (Å²) in [7, 11) is 0. The van der Waals surface area contributed by atoms with Gasteiger partial charge in [-0.3, -0.25) is 0 Å². The van der Waals surface area contributed by atoms with Crippen molar-refractivity contribution in [1.29, 1.82) is 0 Å². The van der Waals surface area contributed by atoms with Crippen LogP contribution in [-0.2, 0) is 17.6 Å². The van der Waals surface area contributed by atoms with Gasteiger partial charge in [-0.05, 0) is 52.2 Å². The Morgan fingerprint density at radius 1 is 1.14 bits per heavy atom. The summed E-state index contributed by atoms with van der Waals surface area (Å²) in [5.41, 5.74) is 2.15. The molecule has 1 N–H and O–H groups in total. The maximum Gasteiger partial charge on any atom is 0.351 e. The highest BCUT2D eigenvalue weighted by molar-refractivity contribution is 5.95. The number of hydrogen-bond acceptors (Lipinski definition) is 5. The average molecular weight is 401 g/mol. The Balaban J connectivity index is 2.55. The number of phenolic OH excluding ortho intramolecular Hbond substituents is 1. The van der Waals surface area contributed by atoms with E-state index >= 15 is 0 Å². The summed E-state index contributed by atoms with van der Waals surface area (Å²) < 4.78 is 10.6. The third-order valence-electron chi connectivity index (χ3n) is 4.94. The average Bonchev–Trinajstić information content (AvgIpc) is 2.67. The van der Waals surface area contributed by atoms with Gasteiger partial charge in [0, 0.05) is 16.5 Å². The molecule has 0 saturated heterocycles. The van der Waals surface area contributed by atoms with Gasteiger partial charge in [-0.1, -0.05) is 44.3 Å². The Kier molecular flexibility index (Phi) is 8.50. The molecular weight excluding hydrogens is 368 g/mol. The molecule has 0 atom stereocenters. The van der Waals surface area contributed by atoms with E-state index in [0.29, 0.717) is 29.4 Å². The van der Waals surface area contributed by atoms with Gasteiger partial charge in [0.1, 0.15) is 16.9 Å².